The lowest BCUT2D eigenvalue weighted by Crippen LogP contribution is -2.52. The van der Waals surface area contributed by atoms with Gasteiger partial charge in [-0.25, -0.2) is 0 Å². The molecule has 1 unspecified atom stereocenters. The van der Waals surface area contributed by atoms with Crippen LogP contribution in [-0.2, 0) is 25.0 Å². The molecule has 1 amide bonds. The molecule has 3 N–H and O–H groups in total. The molecule has 17 heavy (non-hydrogen) atoms. The number of carbonyl (C=O) groups is 1. The minimum absolute atomic E-state index is 0.704. The number of amides is 1. The number of nitrogens with one attached hydrogen (secondary N) is 1. The Labute approximate surface area is 99.2 Å². The van der Waals surface area contributed by atoms with Crippen molar-refractivity contribution in [3.63, 3.8) is 0 Å². The summed E-state index contributed by atoms with van der Waals surface area (Å²) in [5.74, 6) is -1.83. The molecule has 0 saturated carbocycles. The van der Waals surface area contributed by atoms with Crippen molar-refractivity contribution in [2.45, 2.75) is 18.2 Å². The Bertz CT molecular complexity index is 506. The van der Waals surface area contributed by atoms with Crippen LogP contribution in [0.15, 0.2) is 12.7 Å². The molecule has 8 nitrogen and oxygen atoms in total. The molecule has 0 aromatic rings. The maximum Gasteiger partial charge on any atom is 0.288 e. The van der Waals surface area contributed by atoms with E-state index < -0.39 is 43.2 Å². The average molecular weight is 287 g/mol. The zero-order valence-corrected chi connectivity index (χ0v) is 10.6. The van der Waals surface area contributed by atoms with Gasteiger partial charge in [-0.1, -0.05) is 6.58 Å². The Balaban J connectivity index is 5.14. The van der Waals surface area contributed by atoms with E-state index in [4.69, 9.17) is 9.11 Å². The molecule has 0 saturated heterocycles. The fraction of sp³-hybridized carbons (Fsp3) is 0.571. The molecule has 0 spiro atoms. The second-order valence-corrected chi connectivity index (χ2v) is 6.86. The van der Waals surface area contributed by atoms with E-state index in [2.05, 4.69) is 6.58 Å². The minimum atomic E-state index is -4.75. The van der Waals surface area contributed by atoms with Gasteiger partial charge in [0.2, 0.25) is 5.91 Å². The van der Waals surface area contributed by atoms with Crippen LogP contribution in [0, 0.1) is 0 Å². The Morgan fingerprint density at radius 3 is 2.12 bits per heavy atom. The van der Waals surface area contributed by atoms with Gasteiger partial charge >= 0.3 is 0 Å². The van der Waals surface area contributed by atoms with Crippen molar-refractivity contribution in [1.29, 1.82) is 0 Å². The summed E-state index contributed by atoms with van der Waals surface area (Å²) in [5.41, 5.74) is 0. The first-order chi connectivity index (χ1) is 7.41. The highest BCUT2D eigenvalue weighted by atomic mass is 32.2. The molecule has 0 aliphatic carbocycles. The Morgan fingerprint density at radius 2 is 1.82 bits per heavy atom. The van der Waals surface area contributed by atoms with Crippen LogP contribution in [0.5, 0.6) is 0 Å². The van der Waals surface area contributed by atoms with Crippen LogP contribution in [0.1, 0.15) is 13.3 Å². The van der Waals surface area contributed by atoms with Gasteiger partial charge in [-0.2, -0.15) is 16.8 Å². The Morgan fingerprint density at radius 1 is 1.35 bits per heavy atom. The monoisotopic (exact) mass is 287 g/mol. The smallest absolute Gasteiger partial charge is 0.288 e. The fourth-order valence-corrected chi connectivity index (χ4v) is 2.28. The third-order valence-electron chi connectivity index (χ3n) is 1.98. The van der Waals surface area contributed by atoms with Gasteiger partial charge in [-0.3, -0.25) is 13.9 Å². The summed E-state index contributed by atoms with van der Waals surface area (Å²) in [6.45, 7) is 3.99. The van der Waals surface area contributed by atoms with Gasteiger partial charge in [0.05, 0.1) is 5.75 Å². The van der Waals surface area contributed by atoms with Gasteiger partial charge < -0.3 is 5.32 Å². The van der Waals surface area contributed by atoms with Gasteiger partial charge in [-0.15, -0.1) is 0 Å². The normalized spacial score (nSPS) is 15.9. The SMILES string of the molecule is C=CC(=O)NC(C)(CCS(=O)(=O)O)S(=O)(=O)O. The first-order valence-corrected chi connectivity index (χ1v) is 7.33. The van der Waals surface area contributed by atoms with Crippen molar-refractivity contribution >= 4 is 26.1 Å². The molecule has 10 heteroatoms. The van der Waals surface area contributed by atoms with Crippen LogP contribution < -0.4 is 5.32 Å². The summed E-state index contributed by atoms with van der Waals surface area (Å²) in [7, 11) is -9.16. The van der Waals surface area contributed by atoms with Gasteiger partial charge in [0.25, 0.3) is 20.2 Å². The summed E-state index contributed by atoms with van der Waals surface area (Å²) < 4.78 is 60.5. The molecule has 0 aromatic carbocycles. The second kappa shape index (κ2) is 5.12. The van der Waals surface area contributed by atoms with Crippen LogP contribution in [0.25, 0.3) is 0 Å². The third kappa shape index (κ3) is 5.26. The largest absolute Gasteiger partial charge is 0.332 e. The predicted molar refractivity (Wildman–Crippen MR) is 59.3 cm³/mol. The fourth-order valence-electron chi connectivity index (χ4n) is 0.891. The zero-order valence-electron chi connectivity index (χ0n) is 8.95. The van der Waals surface area contributed by atoms with Crippen LogP contribution in [0.2, 0.25) is 0 Å². The molecule has 0 aromatic heterocycles. The number of carbonyl (C=O) groups excluding carboxylic acids is 1. The average Bonchev–Trinajstić information content (AvgIpc) is 2.11. The van der Waals surface area contributed by atoms with E-state index >= 15 is 0 Å². The van der Waals surface area contributed by atoms with Crippen LogP contribution in [-0.4, -0.2) is 42.5 Å². The maximum atomic E-state index is 11.1. The quantitative estimate of drug-likeness (QED) is 0.428. The van der Waals surface area contributed by atoms with Gasteiger partial charge in [-0.05, 0) is 13.0 Å². The molecule has 0 rings (SSSR count). The number of rotatable bonds is 6. The van der Waals surface area contributed by atoms with E-state index in [0.717, 1.165) is 13.0 Å². The minimum Gasteiger partial charge on any atom is -0.332 e. The molecule has 0 radical (unpaired) electrons. The van der Waals surface area contributed by atoms with Crippen molar-refractivity contribution < 1.29 is 30.7 Å². The topological polar surface area (TPSA) is 138 Å². The zero-order chi connectivity index (χ0) is 13.9. The van der Waals surface area contributed by atoms with Crippen molar-refractivity contribution in [1.82, 2.24) is 5.32 Å². The van der Waals surface area contributed by atoms with Gasteiger partial charge in [0, 0.05) is 6.42 Å². The van der Waals surface area contributed by atoms with Crippen molar-refractivity contribution in [2.75, 3.05) is 5.75 Å². The van der Waals surface area contributed by atoms with Crippen molar-refractivity contribution in [2.24, 2.45) is 0 Å². The molecule has 0 fully saturated rings. The van der Waals surface area contributed by atoms with Gasteiger partial charge in [0.15, 0.2) is 4.87 Å². The molecule has 0 aliphatic rings. The summed E-state index contributed by atoms with van der Waals surface area (Å²) >= 11 is 0. The molecule has 1 atom stereocenters. The van der Waals surface area contributed by atoms with Crippen molar-refractivity contribution in [3.05, 3.63) is 12.7 Å². The van der Waals surface area contributed by atoms with E-state index in [1.54, 1.807) is 0 Å². The lowest BCUT2D eigenvalue weighted by Gasteiger charge is -2.26. The van der Waals surface area contributed by atoms with Gasteiger partial charge in [0.1, 0.15) is 0 Å². The second-order valence-electron chi connectivity index (χ2n) is 3.44. The predicted octanol–water partition coefficient (Wildman–Crippen LogP) is -0.829. The maximum absolute atomic E-state index is 11.1. The van der Waals surface area contributed by atoms with E-state index in [1.807, 2.05) is 5.32 Å². The summed E-state index contributed by atoms with van der Waals surface area (Å²) in [6, 6.07) is 0. The molecule has 0 aliphatic heterocycles. The highest BCUT2D eigenvalue weighted by molar-refractivity contribution is 7.87. The van der Waals surface area contributed by atoms with Crippen molar-refractivity contribution in [3.8, 4) is 0 Å². The van der Waals surface area contributed by atoms with Crippen LogP contribution in [0.3, 0.4) is 0 Å². The Kier molecular flexibility index (Phi) is 4.83. The molecule has 0 bridgehead atoms. The molecular formula is C7H13NO7S2. The highest BCUT2D eigenvalue weighted by Gasteiger charge is 2.39. The summed E-state index contributed by atoms with van der Waals surface area (Å²) in [5, 5.41) is 1.89. The van der Waals surface area contributed by atoms with E-state index in [-0.39, 0.29) is 0 Å². The first-order valence-electron chi connectivity index (χ1n) is 4.28. The highest BCUT2D eigenvalue weighted by Crippen LogP contribution is 2.18. The Hall–Kier alpha value is -0.970. The molecule has 0 heterocycles. The van der Waals surface area contributed by atoms with Crippen LogP contribution >= 0.6 is 0 Å². The standard InChI is InChI=1S/C7H13NO7S2/c1-3-6(9)8-7(2,17(13,14)15)4-5-16(10,11)12/h3H,1,4-5H2,2H3,(H,8,9)(H,10,11,12)(H,13,14,15). The molecular weight excluding hydrogens is 274 g/mol. The lowest BCUT2D eigenvalue weighted by molar-refractivity contribution is -0.117. The first kappa shape index (κ1) is 16.0. The number of hydrogen-bond acceptors (Lipinski definition) is 5. The summed E-state index contributed by atoms with van der Waals surface area (Å²) in [4.78, 5) is 8.77. The van der Waals surface area contributed by atoms with E-state index in [0.29, 0.717) is 0 Å². The summed E-state index contributed by atoms with van der Waals surface area (Å²) in [6.07, 6.45) is 0.0567. The van der Waals surface area contributed by atoms with Crippen LogP contribution in [0.4, 0.5) is 0 Å². The number of hydrogen-bond donors (Lipinski definition) is 3. The lowest BCUT2D eigenvalue weighted by atomic mass is 10.2. The third-order valence-corrected chi connectivity index (χ3v) is 4.14. The molecule has 100 valence electrons. The van der Waals surface area contributed by atoms with E-state index in [1.165, 1.54) is 0 Å². The van der Waals surface area contributed by atoms with E-state index in [9.17, 15) is 21.6 Å².